The number of unbranched alkanes of at least 4 members (excludes halogenated alkanes) is 1. The fourth-order valence-electron chi connectivity index (χ4n) is 4.09. The molecule has 0 fully saturated rings. The number of aromatic amines is 1. The van der Waals surface area contributed by atoms with Gasteiger partial charge in [0, 0.05) is 28.0 Å². The number of H-pyrrole nitrogens is 1. The van der Waals surface area contributed by atoms with Crippen molar-refractivity contribution in [2.75, 3.05) is 6.54 Å². The molecule has 0 saturated carbocycles. The lowest BCUT2D eigenvalue weighted by molar-refractivity contribution is 0.738. The van der Waals surface area contributed by atoms with Gasteiger partial charge in [0.1, 0.15) is 0 Å². The van der Waals surface area contributed by atoms with Gasteiger partial charge in [-0.15, -0.1) is 0 Å². The molecule has 0 radical (unpaired) electrons. The molecule has 0 aliphatic heterocycles. The predicted octanol–water partition coefficient (Wildman–Crippen LogP) is 6.18. The van der Waals surface area contributed by atoms with Crippen LogP contribution < -0.4 is 5.73 Å². The fourth-order valence-corrected chi connectivity index (χ4v) is 4.09. The van der Waals surface area contributed by atoms with Crippen LogP contribution in [0.3, 0.4) is 0 Å². The van der Waals surface area contributed by atoms with Crippen molar-refractivity contribution >= 4 is 21.8 Å². The summed E-state index contributed by atoms with van der Waals surface area (Å²) in [5.41, 5.74) is 13.2. The van der Waals surface area contributed by atoms with Crippen molar-refractivity contribution in [3.63, 3.8) is 0 Å². The van der Waals surface area contributed by atoms with Gasteiger partial charge in [0.15, 0.2) is 0 Å². The van der Waals surface area contributed by atoms with Crippen molar-refractivity contribution in [3.8, 4) is 11.3 Å². The molecule has 144 valence electrons. The predicted molar refractivity (Wildman–Crippen MR) is 120 cm³/mol. The third kappa shape index (κ3) is 3.43. The molecular formula is C25H29N3. The van der Waals surface area contributed by atoms with Crippen LogP contribution in [-0.4, -0.2) is 16.5 Å². The second-order valence-electron chi connectivity index (χ2n) is 7.72. The van der Waals surface area contributed by atoms with E-state index in [1.807, 2.05) is 12.3 Å². The molecule has 4 rings (SSSR count). The van der Waals surface area contributed by atoms with E-state index in [1.165, 1.54) is 33.1 Å². The number of hydrogen-bond donors (Lipinski definition) is 2. The van der Waals surface area contributed by atoms with Gasteiger partial charge in [-0.1, -0.05) is 50.2 Å². The summed E-state index contributed by atoms with van der Waals surface area (Å²) in [4.78, 5) is 8.48. The van der Waals surface area contributed by atoms with Crippen LogP contribution in [0, 0.1) is 0 Å². The molecule has 1 unspecified atom stereocenters. The third-order valence-corrected chi connectivity index (χ3v) is 5.88. The zero-order chi connectivity index (χ0) is 19.5. The molecule has 0 saturated heterocycles. The highest BCUT2D eigenvalue weighted by atomic mass is 14.7. The first-order valence-corrected chi connectivity index (χ1v) is 10.4. The average molecular weight is 372 g/mol. The number of fused-ring (bicyclic) bond motifs is 2. The van der Waals surface area contributed by atoms with Crippen LogP contribution in [0.1, 0.15) is 50.2 Å². The van der Waals surface area contributed by atoms with Gasteiger partial charge in [-0.2, -0.15) is 0 Å². The molecule has 0 aliphatic carbocycles. The Hall–Kier alpha value is -2.65. The second kappa shape index (κ2) is 8.15. The molecule has 0 spiro atoms. The summed E-state index contributed by atoms with van der Waals surface area (Å²) in [5.74, 6) is 0.529. The third-order valence-electron chi connectivity index (χ3n) is 5.88. The van der Waals surface area contributed by atoms with Gasteiger partial charge in [0.25, 0.3) is 0 Å². The van der Waals surface area contributed by atoms with E-state index >= 15 is 0 Å². The van der Waals surface area contributed by atoms with E-state index in [0.717, 1.165) is 43.3 Å². The Labute approximate surface area is 167 Å². The van der Waals surface area contributed by atoms with Gasteiger partial charge in [-0.25, -0.2) is 0 Å². The van der Waals surface area contributed by atoms with Crippen molar-refractivity contribution in [3.05, 3.63) is 65.9 Å². The number of benzene rings is 2. The van der Waals surface area contributed by atoms with E-state index in [4.69, 9.17) is 10.7 Å². The molecule has 0 amide bonds. The van der Waals surface area contributed by atoms with Gasteiger partial charge in [-0.3, -0.25) is 4.98 Å². The van der Waals surface area contributed by atoms with Crippen LogP contribution in [-0.2, 0) is 6.42 Å². The maximum absolute atomic E-state index is 5.76. The summed E-state index contributed by atoms with van der Waals surface area (Å²) in [6.45, 7) is 5.30. The summed E-state index contributed by atoms with van der Waals surface area (Å²) in [7, 11) is 0. The largest absolute Gasteiger partial charge is 0.354 e. The Bertz CT molecular complexity index is 1090. The number of aryl methyl sites for hydroxylation is 1. The first kappa shape index (κ1) is 18.7. The molecule has 28 heavy (non-hydrogen) atoms. The lowest BCUT2D eigenvalue weighted by Gasteiger charge is -2.10. The number of rotatable bonds is 7. The van der Waals surface area contributed by atoms with Crippen LogP contribution in [0.25, 0.3) is 33.1 Å². The lowest BCUT2D eigenvalue weighted by atomic mass is 9.94. The minimum atomic E-state index is 0.529. The van der Waals surface area contributed by atoms with Crippen LogP contribution >= 0.6 is 0 Å². The molecule has 2 aromatic carbocycles. The zero-order valence-corrected chi connectivity index (χ0v) is 16.8. The number of nitrogens with zero attached hydrogens (tertiary/aromatic N) is 1. The van der Waals surface area contributed by atoms with Gasteiger partial charge in [0.2, 0.25) is 0 Å². The van der Waals surface area contributed by atoms with Crippen LogP contribution in [0.4, 0.5) is 0 Å². The summed E-state index contributed by atoms with van der Waals surface area (Å²) >= 11 is 0. The van der Waals surface area contributed by atoms with Crippen molar-refractivity contribution < 1.29 is 0 Å². The van der Waals surface area contributed by atoms with Crippen molar-refractivity contribution in [2.45, 2.75) is 45.4 Å². The van der Waals surface area contributed by atoms with E-state index in [0.29, 0.717) is 5.92 Å². The van der Waals surface area contributed by atoms with E-state index < -0.39 is 0 Å². The highest BCUT2D eigenvalue weighted by molar-refractivity contribution is 5.94. The van der Waals surface area contributed by atoms with Crippen molar-refractivity contribution in [1.82, 2.24) is 9.97 Å². The maximum Gasteiger partial charge on any atom is 0.0702 e. The van der Waals surface area contributed by atoms with Crippen molar-refractivity contribution in [1.29, 1.82) is 0 Å². The molecule has 0 aliphatic rings. The Morgan fingerprint density at radius 2 is 1.93 bits per heavy atom. The number of aromatic nitrogens is 2. The Morgan fingerprint density at radius 1 is 1.07 bits per heavy atom. The molecule has 4 aromatic rings. The maximum atomic E-state index is 5.76. The number of hydrogen-bond acceptors (Lipinski definition) is 2. The molecular weight excluding hydrogens is 342 g/mol. The quantitative estimate of drug-likeness (QED) is 0.381. The number of pyridine rings is 1. The molecule has 0 bridgehead atoms. The molecule has 3 heteroatoms. The van der Waals surface area contributed by atoms with E-state index in [-0.39, 0.29) is 0 Å². The highest BCUT2D eigenvalue weighted by Crippen LogP contribution is 2.36. The number of nitrogens with two attached hydrogens (primary N) is 1. The molecule has 2 heterocycles. The van der Waals surface area contributed by atoms with E-state index in [9.17, 15) is 0 Å². The molecule has 3 nitrogen and oxygen atoms in total. The standard InChI is InChI=1S/C25H29N3/c1-3-17(2)20-11-8-12-22-21(10-6-7-14-26)24(28-25(20)22)19-15-18-9-4-5-13-23(18)27-16-19/h4-5,8-9,11-13,15-17,28H,3,6-7,10,14,26H2,1-2H3. The second-order valence-corrected chi connectivity index (χ2v) is 7.72. The van der Waals surface area contributed by atoms with Gasteiger partial charge >= 0.3 is 0 Å². The minimum absolute atomic E-state index is 0.529. The first-order chi connectivity index (χ1) is 13.7. The summed E-state index contributed by atoms with van der Waals surface area (Å²) in [6, 6.07) is 17.3. The summed E-state index contributed by atoms with van der Waals surface area (Å²) < 4.78 is 0. The Morgan fingerprint density at radius 3 is 2.75 bits per heavy atom. The lowest BCUT2D eigenvalue weighted by Crippen LogP contribution is -1.99. The monoisotopic (exact) mass is 371 g/mol. The molecule has 2 aromatic heterocycles. The van der Waals surface area contributed by atoms with Crippen LogP contribution in [0.2, 0.25) is 0 Å². The SMILES string of the molecule is CCC(C)c1cccc2c(CCCCN)c(-c3cnc4ccccc4c3)[nH]c12. The van der Waals surface area contributed by atoms with Crippen LogP contribution in [0.5, 0.6) is 0 Å². The fraction of sp³-hybridized carbons (Fsp3) is 0.320. The van der Waals surface area contributed by atoms with Gasteiger partial charge in [0.05, 0.1) is 11.2 Å². The van der Waals surface area contributed by atoms with Crippen molar-refractivity contribution in [2.24, 2.45) is 5.73 Å². The molecule has 3 N–H and O–H groups in total. The van der Waals surface area contributed by atoms with E-state index in [1.54, 1.807) is 0 Å². The zero-order valence-electron chi connectivity index (χ0n) is 16.8. The minimum Gasteiger partial charge on any atom is -0.354 e. The molecule has 1 atom stereocenters. The Kier molecular flexibility index (Phi) is 5.45. The smallest absolute Gasteiger partial charge is 0.0702 e. The number of para-hydroxylation sites is 2. The van der Waals surface area contributed by atoms with Gasteiger partial charge in [-0.05, 0) is 61.4 Å². The first-order valence-electron chi connectivity index (χ1n) is 10.4. The van der Waals surface area contributed by atoms with Gasteiger partial charge < -0.3 is 10.7 Å². The number of nitrogens with one attached hydrogen (secondary N) is 1. The summed E-state index contributed by atoms with van der Waals surface area (Å²) in [5, 5.41) is 2.52. The Balaban J connectivity index is 1.90. The topological polar surface area (TPSA) is 54.7 Å². The average Bonchev–Trinajstić information content (AvgIpc) is 3.11. The van der Waals surface area contributed by atoms with Crippen LogP contribution in [0.15, 0.2) is 54.7 Å². The summed E-state index contributed by atoms with van der Waals surface area (Å²) in [6.07, 6.45) is 6.32. The van der Waals surface area contributed by atoms with E-state index in [2.05, 4.69) is 61.3 Å². The normalized spacial score (nSPS) is 12.7. The highest BCUT2D eigenvalue weighted by Gasteiger charge is 2.17.